The fraction of sp³-hybridized carbons (Fsp3) is 0.133. The minimum absolute atomic E-state index is 0.0476. The van der Waals surface area contributed by atoms with Gasteiger partial charge in [-0.05, 0) is 24.3 Å². The van der Waals surface area contributed by atoms with Crippen molar-refractivity contribution in [1.82, 2.24) is 0 Å². The van der Waals surface area contributed by atoms with Gasteiger partial charge in [-0.1, -0.05) is 12.1 Å². The second kappa shape index (κ2) is 5.92. The van der Waals surface area contributed by atoms with Crippen LogP contribution >= 0.6 is 0 Å². The van der Waals surface area contributed by atoms with Gasteiger partial charge in [0, 0.05) is 25.8 Å². The van der Waals surface area contributed by atoms with Crippen molar-refractivity contribution in [3.8, 4) is 6.07 Å². The molecule has 0 aliphatic heterocycles. The first-order chi connectivity index (χ1) is 10.0. The van der Waals surface area contributed by atoms with E-state index in [9.17, 15) is 10.1 Å². The minimum atomic E-state index is -0.554. The molecule has 0 aliphatic carbocycles. The zero-order valence-electron chi connectivity index (χ0n) is 11.7. The maximum atomic E-state index is 11.0. The number of para-hydroxylation sites is 2. The Morgan fingerprint density at radius 2 is 1.95 bits per heavy atom. The number of nitrogens with zero attached hydrogens (tertiary/aromatic N) is 3. The van der Waals surface area contributed by atoms with Crippen LogP contribution in [0.15, 0.2) is 42.5 Å². The third-order valence-corrected chi connectivity index (χ3v) is 2.98. The van der Waals surface area contributed by atoms with Crippen LogP contribution in [0.2, 0.25) is 0 Å². The molecule has 0 radical (unpaired) electrons. The highest BCUT2D eigenvalue weighted by molar-refractivity contribution is 5.76. The van der Waals surface area contributed by atoms with Gasteiger partial charge in [0.2, 0.25) is 0 Å². The number of nitriles is 1. The Bertz CT molecular complexity index is 720. The van der Waals surface area contributed by atoms with E-state index in [2.05, 4.69) is 5.32 Å². The smallest absolute Gasteiger partial charge is 0.289 e. The van der Waals surface area contributed by atoms with E-state index in [0.717, 1.165) is 11.4 Å². The largest absolute Gasteiger partial charge is 0.376 e. The molecule has 0 atom stereocenters. The van der Waals surface area contributed by atoms with E-state index in [1.54, 1.807) is 6.07 Å². The SMILES string of the molecule is CN(C)c1ccccc1Nc1ccc(C#N)c([N+](=O)[O-])c1. The van der Waals surface area contributed by atoms with Crippen LogP contribution in [0.3, 0.4) is 0 Å². The van der Waals surface area contributed by atoms with Gasteiger partial charge < -0.3 is 10.2 Å². The van der Waals surface area contributed by atoms with Gasteiger partial charge in [-0.2, -0.15) is 5.26 Å². The average molecular weight is 282 g/mol. The van der Waals surface area contributed by atoms with Gasteiger partial charge >= 0.3 is 0 Å². The predicted molar refractivity (Wildman–Crippen MR) is 81.9 cm³/mol. The van der Waals surface area contributed by atoms with Crippen molar-refractivity contribution in [3.05, 3.63) is 58.1 Å². The molecule has 0 unspecified atom stereocenters. The Kier molecular flexibility index (Phi) is 4.05. The monoisotopic (exact) mass is 282 g/mol. The Hall–Kier alpha value is -3.07. The molecule has 0 fully saturated rings. The van der Waals surface area contributed by atoms with Crippen LogP contribution < -0.4 is 10.2 Å². The topological polar surface area (TPSA) is 82.2 Å². The lowest BCUT2D eigenvalue weighted by atomic mass is 10.1. The van der Waals surface area contributed by atoms with E-state index >= 15 is 0 Å². The molecule has 6 heteroatoms. The highest BCUT2D eigenvalue weighted by Crippen LogP contribution is 2.29. The third kappa shape index (κ3) is 3.09. The molecule has 0 amide bonds. The lowest BCUT2D eigenvalue weighted by Crippen LogP contribution is -2.10. The molecule has 0 saturated heterocycles. The number of hydrogen-bond acceptors (Lipinski definition) is 5. The van der Waals surface area contributed by atoms with Crippen molar-refractivity contribution in [2.45, 2.75) is 0 Å². The molecule has 0 aliphatic rings. The van der Waals surface area contributed by atoms with Crippen LogP contribution in [-0.4, -0.2) is 19.0 Å². The Labute approximate surface area is 122 Å². The molecular formula is C15H14N4O2. The molecular weight excluding hydrogens is 268 g/mol. The molecule has 0 saturated carbocycles. The van der Waals surface area contributed by atoms with E-state index in [1.165, 1.54) is 12.1 Å². The highest BCUT2D eigenvalue weighted by atomic mass is 16.6. The number of rotatable bonds is 4. The summed E-state index contributed by atoms with van der Waals surface area (Å²) >= 11 is 0. The normalized spacial score (nSPS) is 9.76. The summed E-state index contributed by atoms with van der Waals surface area (Å²) in [6.45, 7) is 0. The molecule has 21 heavy (non-hydrogen) atoms. The van der Waals surface area contributed by atoms with Gasteiger partial charge in [-0.25, -0.2) is 0 Å². The molecule has 0 bridgehead atoms. The molecule has 0 heterocycles. The number of nitrogens with one attached hydrogen (secondary N) is 1. The number of hydrogen-bond donors (Lipinski definition) is 1. The molecule has 2 aromatic rings. The van der Waals surface area contributed by atoms with Gasteiger partial charge in [0.25, 0.3) is 5.69 Å². The zero-order valence-corrected chi connectivity index (χ0v) is 11.7. The van der Waals surface area contributed by atoms with Gasteiger partial charge in [-0.15, -0.1) is 0 Å². The fourth-order valence-electron chi connectivity index (χ4n) is 1.98. The van der Waals surface area contributed by atoms with Crippen LogP contribution in [-0.2, 0) is 0 Å². The summed E-state index contributed by atoms with van der Waals surface area (Å²) in [6.07, 6.45) is 0. The summed E-state index contributed by atoms with van der Waals surface area (Å²) in [7, 11) is 3.84. The molecule has 0 spiro atoms. The average Bonchev–Trinajstić information content (AvgIpc) is 2.47. The molecule has 6 nitrogen and oxygen atoms in total. The van der Waals surface area contributed by atoms with Crippen molar-refractivity contribution in [3.63, 3.8) is 0 Å². The first kappa shape index (κ1) is 14.3. The number of nitro benzene ring substituents is 1. The molecule has 0 aromatic heterocycles. The van der Waals surface area contributed by atoms with Gasteiger partial charge in [-0.3, -0.25) is 10.1 Å². The van der Waals surface area contributed by atoms with Crippen molar-refractivity contribution < 1.29 is 4.92 Å². The summed E-state index contributed by atoms with van der Waals surface area (Å²) < 4.78 is 0. The van der Waals surface area contributed by atoms with Gasteiger partial charge in [0.05, 0.1) is 16.3 Å². The Balaban J connectivity index is 2.39. The van der Waals surface area contributed by atoms with Crippen LogP contribution in [0.1, 0.15) is 5.56 Å². The van der Waals surface area contributed by atoms with Crippen molar-refractivity contribution in [1.29, 1.82) is 5.26 Å². The zero-order chi connectivity index (χ0) is 15.4. The Morgan fingerprint density at radius 1 is 1.24 bits per heavy atom. The molecule has 2 aromatic carbocycles. The fourth-order valence-corrected chi connectivity index (χ4v) is 1.98. The highest BCUT2D eigenvalue weighted by Gasteiger charge is 2.14. The molecule has 2 rings (SSSR count). The summed E-state index contributed by atoms with van der Waals surface area (Å²) in [6, 6.07) is 13.9. The quantitative estimate of drug-likeness (QED) is 0.687. The maximum Gasteiger partial charge on any atom is 0.289 e. The number of anilines is 3. The summed E-state index contributed by atoms with van der Waals surface area (Å²) in [5.41, 5.74) is 2.21. The lowest BCUT2D eigenvalue weighted by molar-refractivity contribution is -0.385. The lowest BCUT2D eigenvalue weighted by Gasteiger charge is -2.18. The third-order valence-electron chi connectivity index (χ3n) is 2.98. The van der Waals surface area contributed by atoms with Gasteiger partial charge in [0.1, 0.15) is 11.6 Å². The van der Waals surface area contributed by atoms with E-state index in [1.807, 2.05) is 49.3 Å². The first-order valence-electron chi connectivity index (χ1n) is 6.25. The van der Waals surface area contributed by atoms with Gasteiger partial charge in [0.15, 0.2) is 0 Å². The standard InChI is InChI=1S/C15H14N4O2/c1-18(2)14-6-4-3-5-13(14)17-12-8-7-11(10-16)15(9-12)19(20)21/h3-9,17H,1-2H3. The van der Waals surface area contributed by atoms with E-state index in [4.69, 9.17) is 5.26 Å². The summed E-state index contributed by atoms with van der Waals surface area (Å²) in [5, 5.41) is 23.0. The van der Waals surface area contributed by atoms with Crippen LogP contribution in [0, 0.1) is 21.4 Å². The maximum absolute atomic E-state index is 11.0. The molecule has 106 valence electrons. The van der Waals surface area contributed by atoms with E-state index in [-0.39, 0.29) is 11.3 Å². The number of nitro groups is 1. The summed E-state index contributed by atoms with van der Waals surface area (Å²) in [4.78, 5) is 12.4. The van der Waals surface area contributed by atoms with Crippen molar-refractivity contribution in [2.75, 3.05) is 24.3 Å². The number of benzene rings is 2. The van der Waals surface area contributed by atoms with E-state index < -0.39 is 4.92 Å². The second-order valence-corrected chi connectivity index (χ2v) is 4.64. The Morgan fingerprint density at radius 3 is 2.57 bits per heavy atom. The van der Waals surface area contributed by atoms with E-state index in [0.29, 0.717) is 5.69 Å². The predicted octanol–water partition coefficient (Wildman–Crippen LogP) is 3.28. The van der Waals surface area contributed by atoms with Crippen molar-refractivity contribution in [2.24, 2.45) is 0 Å². The van der Waals surface area contributed by atoms with Crippen LogP contribution in [0.25, 0.3) is 0 Å². The molecule has 1 N–H and O–H groups in total. The van der Waals surface area contributed by atoms with Crippen LogP contribution in [0.4, 0.5) is 22.7 Å². The van der Waals surface area contributed by atoms with Crippen LogP contribution in [0.5, 0.6) is 0 Å². The second-order valence-electron chi connectivity index (χ2n) is 4.64. The minimum Gasteiger partial charge on any atom is -0.376 e. The first-order valence-corrected chi connectivity index (χ1v) is 6.25. The van der Waals surface area contributed by atoms with Crippen molar-refractivity contribution >= 4 is 22.7 Å². The summed E-state index contributed by atoms with van der Waals surface area (Å²) in [5.74, 6) is 0.